The van der Waals surface area contributed by atoms with Crippen LogP contribution in [0.4, 0.5) is 0 Å². The lowest BCUT2D eigenvalue weighted by Crippen LogP contribution is -2.48. The molecule has 0 bridgehead atoms. The van der Waals surface area contributed by atoms with E-state index in [4.69, 9.17) is 0 Å². The largest absolute Gasteiger partial charge is 0.373 e. The van der Waals surface area contributed by atoms with Crippen LogP contribution in [-0.2, 0) is 11.2 Å². The third-order valence-electron chi connectivity index (χ3n) is 5.24. The first-order valence-electron chi connectivity index (χ1n) is 9.42. The molecule has 3 nitrogen and oxygen atoms in total. The van der Waals surface area contributed by atoms with E-state index in [-0.39, 0.29) is 17.9 Å². The van der Waals surface area contributed by atoms with Crippen molar-refractivity contribution < 1.29 is 9.90 Å². The minimum Gasteiger partial charge on any atom is -0.373 e. The average Bonchev–Trinajstić information content (AvgIpc) is 2.88. The summed E-state index contributed by atoms with van der Waals surface area (Å²) in [6.07, 6.45) is 0.928. The molecule has 3 heteroatoms. The fourth-order valence-electron chi connectivity index (χ4n) is 3.75. The van der Waals surface area contributed by atoms with Crippen molar-refractivity contribution in [3.8, 4) is 11.1 Å². The van der Waals surface area contributed by atoms with E-state index < -0.39 is 11.6 Å². The van der Waals surface area contributed by atoms with E-state index in [0.29, 0.717) is 0 Å². The van der Waals surface area contributed by atoms with Gasteiger partial charge in [-0.05, 0) is 29.5 Å². The van der Waals surface area contributed by atoms with E-state index in [2.05, 4.69) is 36.4 Å². The summed E-state index contributed by atoms with van der Waals surface area (Å²) >= 11 is 0. The van der Waals surface area contributed by atoms with E-state index in [1.54, 1.807) is 4.90 Å². The average molecular weight is 351 g/mol. The Morgan fingerprint density at radius 3 is 2.19 bits per heavy atom. The first-order valence-corrected chi connectivity index (χ1v) is 9.42. The number of nitrogens with zero attached hydrogens (tertiary/aromatic N) is 1. The molecule has 0 aliphatic carbocycles. The molecule has 26 heavy (non-hydrogen) atoms. The van der Waals surface area contributed by atoms with Crippen molar-refractivity contribution in [3.63, 3.8) is 0 Å². The van der Waals surface area contributed by atoms with E-state index in [1.165, 1.54) is 16.7 Å². The highest BCUT2D eigenvalue weighted by Crippen LogP contribution is 2.34. The van der Waals surface area contributed by atoms with Crippen molar-refractivity contribution in [2.75, 3.05) is 0 Å². The number of benzene rings is 2. The highest BCUT2D eigenvalue weighted by atomic mass is 16.3. The molecule has 1 aliphatic rings. The topological polar surface area (TPSA) is 40.5 Å². The number of aliphatic hydroxyl groups excluding tert-OH is 1. The van der Waals surface area contributed by atoms with Gasteiger partial charge in [0.05, 0.1) is 0 Å². The second kappa shape index (κ2) is 7.24. The van der Waals surface area contributed by atoms with E-state index in [9.17, 15) is 9.90 Å². The maximum Gasteiger partial charge on any atom is 0.230 e. The maximum atomic E-state index is 12.8. The Hall–Kier alpha value is -2.13. The summed E-state index contributed by atoms with van der Waals surface area (Å²) in [6, 6.07) is 18.9. The monoisotopic (exact) mass is 351 g/mol. The molecule has 1 unspecified atom stereocenters. The molecular weight excluding hydrogens is 322 g/mol. The van der Waals surface area contributed by atoms with Crippen LogP contribution in [0.1, 0.15) is 39.7 Å². The van der Waals surface area contributed by atoms with Gasteiger partial charge in [-0.3, -0.25) is 4.79 Å². The lowest BCUT2D eigenvalue weighted by atomic mass is 9.93. The highest BCUT2D eigenvalue weighted by Gasteiger charge is 2.43. The van der Waals surface area contributed by atoms with Crippen molar-refractivity contribution in [2.24, 2.45) is 11.3 Å². The number of carbonyl (C=O) groups excluding carboxylic acids is 1. The van der Waals surface area contributed by atoms with Crippen LogP contribution >= 0.6 is 0 Å². The Balaban J connectivity index is 1.77. The zero-order chi connectivity index (χ0) is 18.9. The molecule has 0 saturated carbocycles. The Kier molecular flexibility index (Phi) is 5.19. The molecular formula is C23H29NO2. The Morgan fingerprint density at radius 1 is 1.04 bits per heavy atom. The van der Waals surface area contributed by atoms with Crippen molar-refractivity contribution in [1.29, 1.82) is 0 Å². The fraction of sp³-hybridized carbons (Fsp3) is 0.435. The summed E-state index contributed by atoms with van der Waals surface area (Å²) in [5.74, 6) is 0.134. The number of rotatable bonds is 3. The van der Waals surface area contributed by atoms with Crippen LogP contribution in [-0.4, -0.2) is 28.2 Å². The van der Waals surface area contributed by atoms with Crippen molar-refractivity contribution >= 4 is 5.91 Å². The third kappa shape index (κ3) is 3.83. The number of hydrogen-bond acceptors (Lipinski definition) is 2. The van der Waals surface area contributed by atoms with E-state index in [0.717, 1.165) is 12.8 Å². The van der Waals surface area contributed by atoms with Gasteiger partial charge in [0.2, 0.25) is 5.91 Å². The molecule has 1 fully saturated rings. The van der Waals surface area contributed by atoms with Crippen molar-refractivity contribution in [2.45, 2.75) is 52.8 Å². The van der Waals surface area contributed by atoms with Gasteiger partial charge in [-0.2, -0.15) is 0 Å². The van der Waals surface area contributed by atoms with Crippen LogP contribution in [0, 0.1) is 11.3 Å². The number of likely N-dealkylation sites (tertiary alicyclic amines) is 1. The molecule has 2 aromatic carbocycles. The van der Waals surface area contributed by atoms with Gasteiger partial charge >= 0.3 is 0 Å². The van der Waals surface area contributed by atoms with Crippen LogP contribution in [0.3, 0.4) is 0 Å². The van der Waals surface area contributed by atoms with Gasteiger partial charge in [-0.25, -0.2) is 0 Å². The second-order valence-electron chi connectivity index (χ2n) is 8.51. The van der Waals surface area contributed by atoms with Crippen LogP contribution in [0.25, 0.3) is 11.1 Å². The summed E-state index contributed by atoms with van der Waals surface area (Å²) in [5.41, 5.74) is 3.11. The van der Waals surface area contributed by atoms with Gasteiger partial charge < -0.3 is 10.0 Å². The molecule has 1 heterocycles. The van der Waals surface area contributed by atoms with Gasteiger partial charge in [-0.1, -0.05) is 82.3 Å². The Bertz CT molecular complexity index is 746. The predicted octanol–water partition coefficient (Wildman–Crippen LogP) is 4.50. The molecule has 138 valence electrons. The maximum absolute atomic E-state index is 12.8. The normalized spacial score (nSPS) is 23.3. The van der Waals surface area contributed by atoms with Gasteiger partial charge in [0.25, 0.3) is 0 Å². The summed E-state index contributed by atoms with van der Waals surface area (Å²) in [7, 11) is 0. The molecule has 3 atom stereocenters. The van der Waals surface area contributed by atoms with Gasteiger partial charge in [0.15, 0.2) is 0 Å². The van der Waals surface area contributed by atoms with E-state index in [1.807, 2.05) is 45.9 Å². The van der Waals surface area contributed by atoms with Crippen LogP contribution < -0.4 is 0 Å². The molecule has 0 radical (unpaired) electrons. The smallest absolute Gasteiger partial charge is 0.230 e. The van der Waals surface area contributed by atoms with E-state index >= 15 is 0 Å². The number of carbonyl (C=O) groups is 1. The minimum atomic E-state index is -0.685. The highest BCUT2D eigenvalue weighted by molar-refractivity contribution is 5.82. The lowest BCUT2D eigenvalue weighted by Gasteiger charge is -2.33. The van der Waals surface area contributed by atoms with Crippen molar-refractivity contribution in [3.05, 3.63) is 60.2 Å². The SMILES string of the molecule is C[C@@H]1C[C@@H](Cc2ccc(-c3ccccc3)cc2)N(C(=O)C(C)(C)C)C1O. The zero-order valence-electron chi connectivity index (χ0n) is 16.1. The standard InChI is InChI=1S/C23H29NO2/c1-16-14-20(24(21(16)25)22(26)23(2,3)4)15-17-10-12-19(13-11-17)18-8-6-5-7-9-18/h5-13,16,20-21,25H,14-15H2,1-4H3/t16-,20+,21?/m1/s1. The number of aliphatic hydroxyl groups is 1. The lowest BCUT2D eigenvalue weighted by molar-refractivity contribution is -0.150. The summed E-state index contributed by atoms with van der Waals surface area (Å²) in [6.45, 7) is 7.76. The molecule has 1 amide bonds. The molecule has 1 saturated heterocycles. The third-order valence-corrected chi connectivity index (χ3v) is 5.24. The molecule has 0 aromatic heterocycles. The molecule has 3 rings (SSSR count). The molecule has 2 aromatic rings. The summed E-state index contributed by atoms with van der Waals surface area (Å²) in [4.78, 5) is 14.5. The van der Waals surface area contributed by atoms with Crippen LogP contribution in [0.2, 0.25) is 0 Å². The summed E-state index contributed by atoms with van der Waals surface area (Å²) < 4.78 is 0. The second-order valence-corrected chi connectivity index (χ2v) is 8.51. The minimum absolute atomic E-state index is 0.0280. The molecule has 1 aliphatic heterocycles. The molecule has 0 spiro atoms. The zero-order valence-corrected chi connectivity index (χ0v) is 16.1. The van der Waals surface area contributed by atoms with Crippen LogP contribution in [0.15, 0.2) is 54.6 Å². The van der Waals surface area contributed by atoms with Gasteiger partial charge in [0.1, 0.15) is 6.23 Å². The quantitative estimate of drug-likeness (QED) is 0.884. The molecule has 1 N–H and O–H groups in total. The predicted molar refractivity (Wildman–Crippen MR) is 105 cm³/mol. The first kappa shape index (κ1) is 18.7. The summed E-state index contributed by atoms with van der Waals surface area (Å²) in [5, 5.41) is 10.5. The first-order chi connectivity index (χ1) is 12.3. The van der Waals surface area contributed by atoms with Crippen LogP contribution in [0.5, 0.6) is 0 Å². The van der Waals surface area contributed by atoms with Gasteiger partial charge in [0, 0.05) is 17.4 Å². The number of hydrogen-bond donors (Lipinski definition) is 1. The van der Waals surface area contributed by atoms with Crippen molar-refractivity contribution in [1.82, 2.24) is 4.90 Å². The Labute approximate surface area is 156 Å². The Morgan fingerprint density at radius 2 is 1.62 bits per heavy atom. The number of amides is 1. The van der Waals surface area contributed by atoms with Gasteiger partial charge in [-0.15, -0.1) is 0 Å². The fourth-order valence-corrected chi connectivity index (χ4v) is 3.75.